The second kappa shape index (κ2) is 3.87. The molecule has 3 nitrogen and oxygen atoms in total. The van der Waals surface area contributed by atoms with Gasteiger partial charge in [0.05, 0.1) is 0 Å². The Morgan fingerprint density at radius 1 is 1.62 bits per heavy atom. The first-order valence-corrected chi connectivity index (χ1v) is 3.59. The molecule has 0 bridgehead atoms. The van der Waals surface area contributed by atoms with Gasteiger partial charge in [-0.1, -0.05) is 6.07 Å². The highest BCUT2D eigenvalue weighted by atomic mass is 35.5. The molecule has 0 aromatic heterocycles. The highest BCUT2D eigenvalue weighted by molar-refractivity contribution is 6.61. The maximum atomic E-state index is 12.8. The Bertz CT molecular complexity index is 386. The Labute approximate surface area is 78.3 Å². The highest BCUT2D eigenvalue weighted by Crippen LogP contribution is 2.20. The van der Waals surface area contributed by atoms with Crippen molar-refractivity contribution in [1.29, 1.82) is 5.26 Å². The summed E-state index contributed by atoms with van der Waals surface area (Å²) < 4.78 is 17.2. The van der Waals surface area contributed by atoms with E-state index in [4.69, 9.17) is 16.9 Å². The lowest BCUT2D eigenvalue weighted by Crippen LogP contribution is -1.99. The van der Waals surface area contributed by atoms with Gasteiger partial charge in [-0.05, 0) is 12.1 Å². The van der Waals surface area contributed by atoms with Crippen LogP contribution in [0.25, 0.3) is 0 Å². The molecule has 0 aliphatic rings. The predicted molar refractivity (Wildman–Crippen MR) is 43.0 cm³/mol. The van der Waals surface area contributed by atoms with E-state index in [2.05, 4.69) is 4.74 Å². The zero-order chi connectivity index (χ0) is 9.84. The molecule has 0 radical (unpaired) electrons. The number of nitriles is 1. The van der Waals surface area contributed by atoms with Crippen LogP contribution in [0.1, 0.15) is 5.56 Å². The van der Waals surface area contributed by atoms with Crippen LogP contribution in [0, 0.1) is 17.1 Å². The van der Waals surface area contributed by atoms with Gasteiger partial charge in [0.25, 0.3) is 0 Å². The van der Waals surface area contributed by atoms with E-state index >= 15 is 0 Å². The Balaban J connectivity index is 3.14. The summed E-state index contributed by atoms with van der Waals surface area (Å²) in [5.41, 5.74) is -1.45. The van der Waals surface area contributed by atoms with Gasteiger partial charge in [-0.3, -0.25) is 0 Å². The summed E-state index contributed by atoms with van der Waals surface area (Å²) >= 11 is 4.90. The fourth-order valence-corrected chi connectivity index (χ4v) is 0.867. The van der Waals surface area contributed by atoms with Crippen molar-refractivity contribution in [3.8, 4) is 11.8 Å². The van der Waals surface area contributed by atoms with Crippen molar-refractivity contribution in [1.82, 2.24) is 0 Å². The summed E-state index contributed by atoms with van der Waals surface area (Å²) in [7, 11) is 0. The van der Waals surface area contributed by atoms with Crippen molar-refractivity contribution in [3.63, 3.8) is 0 Å². The Morgan fingerprint density at radius 2 is 2.31 bits per heavy atom. The minimum absolute atomic E-state index is 0.178. The summed E-state index contributed by atoms with van der Waals surface area (Å²) in [5.74, 6) is -0.930. The van der Waals surface area contributed by atoms with Crippen LogP contribution >= 0.6 is 11.6 Å². The number of hydrogen-bond acceptors (Lipinski definition) is 3. The lowest BCUT2D eigenvalue weighted by molar-refractivity contribution is 0.225. The van der Waals surface area contributed by atoms with E-state index in [0.717, 1.165) is 6.07 Å². The second-order valence-electron chi connectivity index (χ2n) is 2.06. The maximum Gasteiger partial charge on any atom is 0.409 e. The summed E-state index contributed by atoms with van der Waals surface area (Å²) in [6.45, 7) is 0. The third kappa shape index (κ3) is 2.17. The van der Waals surface area contributed by atoms with Crippen LogP contribution in [-0.2, 0) is 0 Å². The average molecular weight is 200 g/mol. The molecule has 0 saturated heterocycles. The van der Waals surface area contributed by atoms with Crippen molar-refractivity contribution < 1.29 is 13.9 Å². The normalized spacial score (nSPS) is 9.00. The minimum atomic E-state index is -1.11. The van der Waals surface area contributed by atoms with Gasteiger partial charge in [0.15, 0.2) is 5.75 Å². The van der Waals surface area contributed by atoms with E-state index in [1.54, 1.807) is 6.07 Å². The van der Waals surface area contributed by atoms with Gasteiger partial charge in [0.2, 0.25) is 0 Å². The van der Waals surface area contributed by atoms with Gasteiger partial charge in [-0.15, -0.1) is 0 Å². The van der Waals surface area contributed by atoms with E-state index in [9.17, 15) is 9.18 Å². The van der Waals surface area contributed by atoms with Crippen LogP contribution in [-0.4, -0.2) is 5.43 Å². The van der Waals surface area contributed by atoms with E-state index in [1.165, 1.54) is 12.1 Å². The Hall–Kier alpha value is -1.60. The van der Waals surface area contributed by atoms with Gasteiger partial charge in [-0.25, -0.2) is 9.18 Å². The van der Waals surface area contributed by atoms with Crippen LogP contribution in [0.3, 0.4) is 0 Å². The molecule has 0 saturated carbocycles. The molecule has 5 heteroatoms. The first-order chi connectivity index (χ1) is 6.15. The molecule has 1 aromatic carbocycles. The number of carbonyl (C=O) groups is 1. The maximum absolute atomic E-state index is 12.8. The Kier molecular flexibility index (Phi) is 2.83. The monoisotopic (exact) mass is 199 g/mol. The van der Waals surface area contributed by atoms with Crippen molar-refractivity contribution >= 4 is 17.0 Å². The first kappa shape index (κ1) is 9.49. The lowest BCUT2D eigenvalue weighted by Gasteiger charge is -2.01. The summed E-state index contributed by atoms with van der Waals surface area (Å²) in [4.78, 5) is 10.3. The van der Waals surface area contributed by atoms with Crippen molar-refractivity contribution in [2.45, 2.75) is 0 Å². The standard InChI is InChI=1S/C8H3ClFNO2/c9-8(12)13-7-3-1-2-6(10)5(7)4-11/h1-3H. The van der Waals surface area contributed by atoms with Crippen LogP contribution < -0.4 is 4.74 Å². The molecule has 13 heavy (non-hydrogen) atoms. The predicted octanol–water partition coefficient (Wildman–Crippen LogP) is 2.43. The van der Waals surface area contributed by atoms with Gasteiger partial charge in [0, 0.05) is 11.6 Å². The number of nitrogens with zero attached hydrogens (tertiary/aromatic N) is 1. The molecular formula is C8H3ClFNO2. The van der Waals surface area contributed by atoms with E-state index < -0.39 is 11.2 Å². The van der Waals surface area contributed by atoms with Crippen LogP contribution in [0.4, 0.5) is 9.18 Å². The molecule has 0 spiro atoms. The fraction of sp³-hybridized carbons (Fsp3) is 0. The molecule has 0 atom stereocenters. The minimum Gasteiger partial charge on any atom is -0.413 e. The molecule has 0 heterocycles. The zero-order valence-corrected chi connectivity index (χ0v) is 7.01. The Morgan fingerprint density at radius 3 is 2.85 bits per heavy atom. The smallest absolute Gasteiger partial charge is 0.409 e. The largest absolute Gasteiger partial charge is 0.413 e. The van der Waals surface area contributed by atoms with Crippen molar-refractivity contribution in [3.05, 3.63) is 29.6 Å². The topological polar surface area (TPSA) is 50.1 Å². The summed E-state index contributed by atoms with van der Waals surface area (Å²) in [6.07, 6.45) is 0. The molecule has 0 fully saturated rings. The average Bonchev–Trinajstić information content (AvgIpc) is 2.03. The number of carbonyl (C=O) groups excluding carboxylic acids is 1. The first-order valence-electron chi connectivity index (χ1n) is 3.21. The van der Waals surface area contributed by atoms with Crippen molar-refractivity contribution in [2.24, 2.45) is 0 Å². The molecule has 0 amide bonds. The molecule has 0 aliphatic heterocycles. The number of rotatable bonds is 1. The molecule has 1 aromatic rings. The quantitative estimate of drug-likeness (QED) is 0.653. The van der Waals surface area contributed by atoms with Crippen LogP contribution in [0.5, 0.6) is 5.75 Å². The van der Waals surface area contributed by atoms with Gasteiger partial charge in [-0.2, -0.15) is 5.26 Å². The number of hydrogen-bond donors (Lipinski definition) is 0. The fourth-order valence-electron chi connectivity index (χ4n) is 0.784. The second-order valence-corrected chi connectivity index (χ2v) is 2.37. The third-order valence-corrected chi connectivity index (χ3v) is 1.35. The van der Waals surface area contributed by atoms with E-state index in [1.807, 2.05) is 0 Å². The lowest BCUT2D eigenvalue weighted by atomic mass is 10.2. The molecule has 0 aliphatic carbocycles. The number of ether oxygens (including phenoxy) is 1. The number of benzene rings is 1. The molecular weight excluding hydrogens is 197 g/mol. The highest BCUT2D eigenvalue weighted by Gasteiger charge is 2.10. The summed E-state index contributed by atoms with van der Waals surface area (Å²) in [5, 5.41) is 8.49. The SMILES string of the molecule is N#Cc1c(F)cccc1OC(=O)Cl. The molecule has 1 rings (SSSR count). The third-order valence-electron chi connectivity index (χ3n) is 1.28. The van der Waals surface area contributed by atoms with E-state index in [0.29, 0.717) is 0 Å². The summed E-state index contributed by atoms with van der Waals surface area (Å²) in [6, 6.07) is 5.24. The molecule has 0 unspecified atom stereocenters. The van der Waals surface area contributed by atoms with Crippen molar-refractivity contribution in [2.75, 3.05) is 0 Å². The van der Waals surface area contributed by atoms with Crippen LogP contribution in [0.2, 0.25) is 0 Å². The van der Waals surface area contributed by atoms with Gasteiger partial charge in [0.1, 0.15) is 17.4 Å². The van der Waals surface area contributed by atoms with Gasteiger partial charge >= 0.3 is 5.43 Å². The van der Waals surface area contributed by atoms with E-state index in [-0.39, 0.29) is 11.3 Å². The van der Waals surface area contributed by atoms with Crippen LogP contribution in [0.15, 0.2) is 18.2 Å². The zero-order valence-electron chi connectivity index (χ0n) is 6.25. The number of halogens is 2. The molecule has 0 N–H and O–H groups in total. The van der Waals surface area contributed by atoms with Gasteiger partial charge < -0.3 is 4.74 Å². The molecule has 66 valence electrons.